The van der Waals surface area contributed by atoms with Gasteiger partial charge in [0.25, 0.3) is 0 Å². The van der Waals surface area contributed by atoms with E-state index in [1.165, 1.54) is 5.56 Å². The van der Waals surface area contributed by atoms with Crippen LogP contribution < -0.4 is 0 Å². The number of allylic oxidation sites excluding steroid dienone is 1. The van der Waals surface area contributed by atoms with E-state index in [9.17, 15) is 4.79 Å². The Morgan fingerprint density at radius 1 is 1.35 bits per heavy atom. The second-order valence-corrected chi connectivity index (χ2v) is 7.44. The maximum Gasteiger partial charge on any atom is 0.199 e. The summed E-state index contributed by atoms with van der Waals surface area (Å²) in [7, 11) is 0. The van der Waals surface area contributed by atoms with Crippen LogP contribution >= 0.6 is 12.2 Å². The zero-order chi connectivity index (χ0) is 18.7. The van der Waals surface area contributed by atoms with Gasteiger partial charge in [-0.05, 0) is 44.5 Å². The Morgan fingerprint density at radius 2 is 2.08 bits per heavy atom. The first-order valence-electron chi connectivity index (χ1n) is 9.06. The molecule has 3 rings (SSSR count). The van der Waals surface area contributed by atoms with Crippen molar-refractivity contribution >= 4 is 18.0 Å². The highest BCUT2D eigenvalue weighted by atomic mass is 32.1. The highest BCUT2D eigenvalue weighted by molar-refractivity contribution is 7.71. The molecule has 1 aromatic carbocycles. The van der Waals surface area contributed by atoms with E-state index >= 15 is 0 Å². The van der Waals surface area contributed by atoms with Crippen molar-refractivity contribution in [2.45, 2.75) is 39.9 Å². The lowest BCUT2D eigenvalue weighted by Gasteiger charge is -2.31. The Bertz CT molecular complexity index is 859. The minimum atomic E-state index is 0.110. The largest absolute Gasteiger partial charge is 0.303 e. The molecule has 0 amide bonds. The van der Waals surface area contributed by atoms with Crippen LogP contribution in [0.15, 0.2) is 37.2 Å². The summed E-state index contributed by atoms with van der Waals surface area (Å²) in [6.07, 6.45) is 5.33. The van der Waals surface area contributed by atoms with E-state index < -0.39 is 0 Å². The molecule has 1 aliphatic heterocycles. The van der Waals surface area contributed by atoms with E-state index in [0.29, 0.717) is 18.0 Å². The first-order valence-corrected chi connectivity index (χ1v) is 9.47. The lowest BCUT2D eigenvalue weighted by atomic mass is 9.87. The fraction of sp³-hybridized carbons (Fsp3) is 0.450. The maximum atomic E-state index is 12.9. The van der Waals surface area contributed by atoms with Crippen molar-refractivity contribution < 1.29 is 4.79 Å². The standard InChI is InChI=1S/C20H26N4OS/c1-4-9-23-13-21-24(20(23)26)14-22-10-7-17(8-11-22)19(25)18-6-5-15(2)12-16(18)3/h4-6,12-13,17H,1,7-11,14H2,2-3H3. The molecule has 1 saturated heterocycles. The molecule has 138 valence electrons. The molecule has 0 bridgehead atoms. The summed E-state index contributed by atoms with van der Waals surface area (Å²) in [6.45, 7) is 10.9. The van der Waals surface area contributed by atoms with Crippen LogP contribution in [0.2, 0.25) is 0 Å². The molecule has 0 spiro atoms. The molecule has 6 heteroatoms. The number of aromatic nitrogens is 3. The Hall–Kier alpha value is -2.05. The summed E-state index contributed by atoms with van der Waals surface area (Å²) in [6, 6.07) is 6.09. The van der Waals surface area contributed by atoms with Crippen LogP contribution in [0.5, 0.6) is 0 Å². The summed E-state index contributed by atoms with van der Waals surface area (Å²) in [5.41, 5.74) is 3.15. The first-order chi connectivity index (χ1) is 12.5. The molecular formula is C20H26N4OS. The molecule has 26 heavy (non-hydrogen) atoms. The third kappa shape index (κ3) is 4.02. The van der Waals surface area contributed by atoms with Gasteiger partial charge >= 0.3 is 0 Å². The van der Waals surface area contributed by atoms with Gasteiger partial charge in [-0.15, -0.1) is 6.58 Å². The molecule has 1 aliphatic rings. The molecule has 0 N–H and O–H groups in total. The smallest absolute Gasteiger partial charge is 0.199 e. The second kappa shape index (κ2) is 8.10. The van der Waals surface area contributed by atoms with Gasteiger partial charge in [-0.1, -0.05) is 29.8 Å². The number of aryl methyl sites for hydroxylation is 2. The molecule has 0 unspecified atom stereocenters. The van der Waals surface area contributed by atoms with Gasteiger partial charge in [-0.25, -0.2) is 4.68 Å². The Kier molecular flexibility index (Phi) is 5.84. The number of hydrogen-bond donors (Lipinski definition) is 0. The van der Waals surface area contributed by atoms with Crippen molar-refractivity contribution in [3.8, 4) is 0 Å². The molecule has 0 aliphatic carbocycles. The van der Waals surface area contributed by atoms with Crippen molar-refractivity contribution in [1.29, 1.82) is 0 Å². The van der Waals surface area contributed by atoms with E-state index in [-0.39, 0.29) is 11.7 Å². The predicted molar refractivity (Wildman–Crippen MR) is 106 cm³/mol. The molecule has 2 aromatic rings. The highest BCUT2D eigenvalue weighted by Crippen LogP contribution is 2.24. The van der Waals surface area contributed by atoms with Gasteiger partial charge in [0.05, 0.1) is 6.67 Å². The average molecular weight is 371 g/mol. The summed E-state index contributed by atoms with van der Waals surface area (Å²) >= 11 is 5.45. The van der Waals surface area contributed by atoms with Gasteiger partial charge in [0.1, 0.15) is 6.33 Å². The van der Waals surface area contributed by atoms with Gasteiger partial charge in [0.15, 0.2) is 10.6 Å². The fourth-order valence-electron chi connectivity index (χ4n) is 3.57. The predicted octanol–water partition coefficient (Wildman–Crippen LogP) is 3.77. The van der Waals surface area contributed by atoms with Crippen molar-refractivity contribution in [3.63, 3.8) is 0 Å². The average Bonchev–Trinajstić information content (AvgIpc) is 2.96. The molecule has 1 fully saturated rings. The summed E-state index contributed by atoms with van der Waals surface area (Å²) in [4.78, 5) is 15.2. The lowest BCUT2D eigenvalue weighted by Crippen LogP contribution is -2.37. The summed E-state index contributed by atoms with van der Waals surface area (Å²) in [5.74, 6) is 0.396. The van der Waals surface area contributed by atoms with Crippen LogP contribution in [0.1, 0.15) is 34.3 Å². The van der Waals surface area contributed by atoms with Gasteiger partial charge in [-0.3, -0.25) is 9.69 Å². The number of carbonyl (C=O) groups excluding carboxylic acids is 1. The maximum absolute atomic E-state index is 12.9. The van der Waals surface area contributed by atoms with Gasteiger partial charge < -0.3 is 4.57 Å². The van der Waals surface area contributed by atoms with Gasteiger partial charge in [0, 0.05) is 31.1 Å². The van der Waals surface area contributed by atoms with Crippen molar-refractivity contribution in [3.05, 3.63) is 58.6 Å². The molecule has 2 heterocycles. The Morgan fingerprint density at radius 3 is 2.73 bits per heavy atom. The minimum Gasteiger partial charge on any atom is -0.303 e. The normalized spacial score (nSPS) is 15.9. The molecule has 0 atom stereocenters. The van der Waals surface area contributed by atoms with Crippen molar-refractivity contribution in [2.24, 2.45) is 5.92 Å². The molecule has 5 nitrogen and oxygen atoms in total. The summed E-state index contributed by atoms with van der Waals surface area (Å²) in [5, 5.41) is 4.37. The zero-order valence-corrected chi connectivity index (χ0v) is 16.3. The molecular weight excluding hydrogens is 344 g/mol. The first kappa shape index (κ1) is 18.7. The fourth-order valence-corrected chi connectivity index (χ4v) is 3.80. The number of likely N-dealkylation sites (tertiary alicyclic amines) is 1. The Balaban J connectivity index is 1.59. The van der Waals surface area contributed by atoms with Gasteiger partial charge in [0.2, 0.25) is 0 Å². The molecule has 1 aromatic heterocycles. The van der Waals surface area contributed by atoms with Crippen LogP contribution in [0.3, 0.4) is 0 Å². The third-order valence-electron chi connectivity index (χ3n) is 5.06. The number of hydrogen-bond acceptors (Lipinski definition) is 4. The second-order valence-electron chi connectivity index (χ2n) is 7.07. The number of ketones is 1. The number of rotatable bonds is 6. The van der Waals surface area contributed by atoms with Crippen LogP contribution in [0, 0.1) is 24.5 Å². The number of carbonyl (C=O) groups is 1. The third-order valence-corrected chi connectivity index (χ3v) is 5.51. The van der Waals surface area contributed by atoms with Crippen LogP contribution in [-0.2, 0) is 13.2 Å². The number of Topliss-reactive ketones (excluding diaryl/α,β-unsaturated/α-hetero) is 1. The van der Waals surface area contributed by atoms with Crippen molar-refractivity contribution in [1.82, 2.24) is 19.2 Å². The zero-order valence-electron chi connectivity index (χ0n) is 15.5. The number of piperidine rings is 1. The van der Waals surface area contributed by atoms with Gasteiger partial charge in [-0.2, -0.15) is 5.10 Å². The van der Waals surface area contributed by atoms with E-state index in [1.807, 2.05) is 34.4 Å². The number of nitrogens with zero attached hydrogens (tertiary/aromatic N) is 4. The van der Waals surface area contributed by atoms with Crippen LogP contribution in [0.4, 0.5) is 0 Å². The van der Waals surface area contributed by atoms with E-state index in [4.69, 9.17) is 12.2 Å². The number of benzene rings is 1. The lowest BCUT2D eigenvalue weighted by molar-refractivity contribution is 0.0802. The van der Waals surface area contributed by atoms with Crippen LogP contribution in [0.25, 0.3) is 0 Å². The van der Waals surface area contributed by atoms with Crippen molar-refractivity contribution in [2.75, 3.05) is 13.1 Å². The summed E-state index contributed by atoms with van der Waals surface area (Å²) < 4.78 is 4.45. The SMILES string of the molecule is C=CCn1cnn(CN2CCC(C(=O)c3ccc(C)cc3C)CC2)c1=S. The Labute approximate surface area is 159 Å². The van der Waals surface area contributed by atoms with E-state index in [1.54, 1.807) is 6.33 Å². The molecule has 0 saturated carbocycles. The van der Waals surface area contributed by atoms with Crippen LogP contribution in [-0.4, -0.2) is 38.1 Å². The minimum absolute atomic E-state index is 0.110. The highest BCUT2D eigenvalue weighted by Gasteiger charge is 2.26. The topological polar surface area (TPSA) is 43.1 Å². The monoisotopic (exact) mass is 370 g/mol. The molecule has 0 radical (unpaired) electrons. The van der Waals surface area contributed by atoms with E-state index in [2.05, 4.69) is 29.6 Å². The van der Waals surface area contributed by atoms with E-state index in [0.717, 1.165) is 37.1 Å². The quantitative estimate of drug-likeness (QED) is 0.441.